The molecule has 0 spiro atoms. The Labute approximate surface area is 182 Å². The van der Waals surface area contributed by atoms with Crippen LogP contribution in [0.3, 0.4) is 0 Å². The Morgan fingerprint density at radius 2 is 1.79 bits per heavy atom. The Morgan fingerprint density at radius 3 is 2.46 bits per heavy atom. The first-order valence-electron chi connectivity index (χ1n) is 8.61. The van der Waals surface area contributed by atoms with E-state index < -0.39 is 0 Å². The summed E-state index contributed by atoms with van der Waals surface area (Å²) in [5.41, 5.74) is 2.79. The Kier molecular flexibility index (Phi) is 7.57. The number of ether oxygens (including phenoxy) is 2. The zero-order chi connectivity index (χ0) is 19.9. The molecule has 0 aliphatic heterocycles. The smallest absolute Gasteiger partial charge is 0.167 e. The van der Waals surface area contributed by atoms with E-state index in [0.717, 1.165) is 21.2 Å². The number of aromatic nitrogens is 1. The number of halogens is 3. The molecule has 3 aromatic rings. The lowest BCUT2D eigenvalue weighted by Crippen LogP contribution is -2.14. The van der Waals surface area contributed by atoms with Gasteiger partial charge < -0.3 is 14.8 Å². The average molecular weight is 482 g/mol. The Morgan fingerprint density at radius 1 is 1.00 bits per heavy atom. The minimum Gasteiger partial charge on any atom is -0.493 e. The van der Waals surface area contributed by atoms with E-state index in [9.17, 15) is 0 Å². The summed E-state index contributed by atoms with van der Waals surface area (Å²) in [6, 6.07) is 13.1. The standard InChI is InChI=1S/C21H19BrCl2N2O2/c1-27-20-8-7-17(22)15(12-26-11-14-4-3-9-25-10-14)21(20)28-13-16-18(23)5-2-6-19(16)24/h2-10,26H,11-13H2,1H3. The molecule has 1 N–H and O–H groups in total. The first kappa shape index (κ1) is 20.9. The Hall–Kier alpha value is -1.79. The van der Waals surface area contributed by atoms with Crippen molar-refractivity contribution in [2.75, 3.05) is 7.11 Å². The van der Waals surface area contributed by atoms with Gasteiger partial charge >= 0.3 is 0 Å². The molecule has 0 amide bonds. The lowest BCUT2D eigenvalue weighted by molar-refractivity contribution is 0.280. The molecule has 0 saturated carbocycles. The third-order valence-corrected chi connectivity index (χ3v) is 5.61. The highest BCUT2D eigenvalue weighted by Gasteiger charge is 2.16. The van der Waals surface area contributed by atoms with Gasteiger partial charge in [0.25, 0.3) is 0 Å². The van der Waals surface area contributed by atoms with Crippen molar-refractivity contribution in [2.24, 2.45) is 0 Å². The van der Waals surface area contributed by atoms with Crippen LogP contribution in [0.5, 0.6) is 11.5 Å². The fourth-order valence-electron chi connectivity index (χ4n) is 2.72. The lowest BCUT2D eigenvalue weighted by atomic mass is 10.1. The van der Waals surface area contributed by atoms with Crippen LogP contribution in [0.15, 0.2) is 59.3 Å². The van der Waals surface area contributed by atoms with Crippen molar-refractivity contribution < 1.29 is 9.47 Å². The van der Waals surface area contributed by atoms with Crippen molar-refractivity contribution in [3.63, 3.8) is 0 Å². The third-order valence-electron chi connectivity index (χ3n) is 4.16. The molecule has 146 valence electrons. The molecule has 0 saturated heterocycles. The topological polar surface area (TPSA) is 43.4 Å². The quantitative estimate of drug-likeness (QED) is 0.426. The maximum Gasteiger partial charge on any atom is 0.167 e. The predicted molar refractivity (Wildman–Crippen MR) is 116 cm³/mol. The first-order valence-corrected chi connectivity index (χ1v) is 10.2. The second kappa shape index (κ2) is 10.1. The molecular formula is C21H19BrCl2N2O2. The molecule has 1 aromatic heterocycles. The summed E-state index contributed by atoms with van der Waals surface area (Å²) in [5, 5.41) is 4.55. The number of benzene rings is 2. The Balaban J connectivity index is 1.79. The normalized spacial score (nSPS) is 10.7. The number of pyridine rings is 1. The molecular weight excluding hydrogens is 463 g/mol. The highest BCUT2D eigenvalue weighted by Crippen LogP contribution is 2.37. The van der Waals surface area contributed by atoms with Gasteiger partial charge in [-0.3, -0.25) is 4.98 Å². The van der Waals surface area contributed by atoms with Crippen LogP contribution in [0.4, 0.5) is 0 Å². The van der Waals surface area contributed by atoms with E-state index in [2.05, 4.69) is 26.2 Å². The van der Waals surface area contributed by atoms with Crippen LogP contribution in [-0.2, 0) is 19.7 Å². The first-order chi connectivity index (χ1) is 13.6. The van der Waals surface area contributed by atoms with Gasteiger partial charge in [0.2, 0.25) is 0 Å². The third kappa shape index (κ3) is 5.17. The van der Waals surface area contributed by atoms with E-state index in [-0.39, 0.29) is 6.61 Å². The van der Waals surface area contributed by atoms with Crippen LogP contribution in [0, 0.1) is 0 Å². The second-order valence-corrected chi connectivity index (χ2v) is 7.68. The Bertz CT molecular complexity index is 919. The minimum atomic E-state index is 0.237. The highest BCUT2D eigenvalue weighted by atomic mass is 79.9. The number of methoxy groups -OCH3 is 1. The molecule has 4 nitrogen and oxygen atoms in total. The summed E-state index contributed by atoms with van der Waals surface area (Å²) < 4.78 is 12.5. The number of hydrogen-bond acceptors (Lipinski definition) is 4. The van der Waals surface area contributed by atoms with Gasteiger partial charge in [-0.2, -0.15) is 0 Å². The van der Waals surface area contributed by atoms with Crippen molar-refractivity contribution in [2.45, 2.75) is 19.7 Å². The van der Waals surface area contributed by atoms with Crippen LogP contribution in [-0.4, -0.2) is 12.1 Å². The van der Waals surface area contributed by atoms with Crippen molar-refractivity contribution in [1.29, 1.82) is 0 Å². The number of nitrogens with one attached hydrogen (secondary N) is 1. The van der Waals surface area contributed by atoms with Crippen LogP contribution in [0.25, 0.3) is 0 Å². The van der Waals surface area contributed by atoms with Gasteiger partial charge in [-0.05, 0) is 35.9 Å². The van der Waals surface area contributed by atoms with Gasteiger partial charge in [-0.1, -0.05) is 51.3 Å². The van der Waals surface area contributed by atoms with Crippen LogP contribution in [0.2, 0.25) is 10.0 Å². The molecule has 0 aliphatic rings. The SMILES string of the molecule is COc1ccc(Br)c(CNCc2cccnc2)c1OCc1c(Cl)cccc1Cl. The van der Waals surface area contributed by atoms with E-state index >= 15 is 0 Å². The fourth-order valence-corrected chi connectivity index (χ4v) is 3.67. The zero-order valence-corrected chi connectivity index (χ0v) is 18.3. The zero-order valence-electron chi connectivity index (χ0n) is 15.2. The maximum atomic E-state index is 6.27. The van der Waals surface area contributed by atoms with Crippen molar-refractivity contribution in [3.8, 4) is 11.5 Å². The van der Waals surface area contributed by atoms with Gasteiger partial charge in [-0.15, -0.1) is 0 Å². The average Bonchev–Trinajstić information content (AvgIpc) is 2.70. The fraction of sp³-hybridized carbons (Fsp3) is 0.190. The van der Waals surface area contributed by atoms with Gasteiger partial charge in [0.15, 0.2) is 11.5 Å². The summed E-state index contributed by atoms with van der Waals surface area (Å²) in [7, 11) is 1.62. The van der Waals surface area contributed by atoms with Crippen molar-refractivity contribution in [1.82, 2.24) is 10.3 Å². The molecule has 0 fully saturated rings. The summed E-state index contributed by atoms with van der Waals surface area (Å²) in [4.78, 5) is 4.13. The van der Waals surface area contributed by atoms with E-state index in [1.807, 2.05) is 36.5 Å². The molecule has 2 aromatic carbocycles. The second-order valence-electron chi connectivity index (χ2n) is 6.01. The van der Waals surface area contributed by atoms with Crippen LogP contribution < -0.4 is 14.8 Å². The lowest BCUT2D eigenvalue weighted by Gasteiger charge is -2.18. The number of hydrogen-bond donors (Lipinski definition) is 1. The summed E-state index contributed by atoms with van der Waals surface area (Å²) in [6.07, 6.45) is 3.60. The van der Waals surface area contributed by atoms with Crippen molar-refractivity contribution >= 4 is 39.1 Å². The monoisotopic (exact) mass is 480 g/mol. The molecule has 3 rings (SSSR count). The van der Waals surface area contributed by atoms with E-state index in [4.69, 9.17) is 32.7 Å². The number of rotatable bonds is 8. The molecule has 0 bridgehead atoms. The molecule has 7 heteroatoms. The highest BCUT2D eigenvalue weighted by molar-refractivity contribution is 9.10. The number of nitrogens with zero attached hydrogens (tertiary/aromatic N) is 1. The maximum absolute atomic E-state index is 6.27. The molecule has 1 heterocycles. The van der Waals surface area contributed by atoms with Gasteiger partial charge in [0.05, 0.1) is 7.11 Å². The summed E-state index contributed by atoms with van der Waals surface area (Å²) in [5.74, 6) is 1.29. The molecule has 0 aliphatic carbocycles. The molecule has 0 atom stereocenters. The molecule has 0 radical (unpaired) electrons. The van der Waals surface area contributed by atoms with E-state index in [1.165, 1.54) is 0 Å². The van der Waals surface area contributed by atoms with Gasteiger partial charge in [0, 0.05) is 51.1 Å². The van der Waals surface area contributed by atoms with Gasteiger partial charge in [0.1, 0.15) is 6.61 Å². The summed E-state index contributed by atoms with van der Waals surface area (Å²) in [6.45, 7) is 1.51. The van der Waals surface area contributed by atoms with E-state index in [0.29, 0.717) is 34.6 Å². The largest absolute Gasteiger partial charge is 0.493 e. The van der Waals surface area contributed by atoms with Gasteiger partial charge in [-0.25, -0.2) is 0 Å². The van der Waals surface area contributed by atoms with E-state index in [1.54, 1.807) is 25.4 Å². The minimum absolute atomic E-state index is 0.237. The summed E-state index contributed by atoms with van der Waals surface area (Å²) >= 11 is 16.1. The predicted octanol–water partition coefficient (Wildman–Crippen LogP) is 6.03. The molecule has 0 unspecified atom stereocenters. The molecule has 28 heavy (non-hydrogen) atoms. The van der Waals surface area contributed by atoms with Crippen molar-refractivity contribution in [3.05, 3.63) is 86.1 Å². The van der Waals surface area contributed by atoms with Crippen LogP contribution in [0.1, 0.15) is 16.7 Å². The van der Waals surface area contributed by atoms with Crippen LogP contribution >= 0.6 is 39.1 Å².